The van der Waals surface area contributed by atoms with Crippen molar-refractivity contribution >= 4 is 17.6 Å². The summed E-state index contributed by atoms with van der Waals surface area (Å²) >= 11 is 5.06. The van der Waals surface area contributed by atoms with Gasteiger partial charge >= 0.3 is 0 Å². The molecular weight excluding hydrogens is 260 g/mol. The molecular formula is C19H30S. The Morgan fingerprint density at radius 2 is 1.35 bits per heavy atom. The van der Waals surface area contributed by atoms with Crippen LogP contribution < -0.4 is 0 Å². The summed E-state index contributed by atoms with van der Waals surface area (Å²) in [5.74, 6) is 0. The first kappa shape index (κ1) is 17.4. The van der Waals surface area contributed by atoms with Gasteiger partial charge in [-0.05, 0) is 24.0 Å². The van der Waals surface area contributed by atoms with Gasteiger partial charge < -0.3 is 0 Å². The summed E-state index contributed by atoms with van der Waals surface area (Å²) in [5, 5.41) is 1.81. The van der Waals surface area contributed by atoms with E-state index in [1.807, 2.05) is 5.37 Å². The second kappa shape index (κ2) is 12.1. The molecule has 1 heteroatoms. The van der Waals surface area contributed by atoms with Gasteiger partial charge in [0.25, 0.3) is 0 Å². The molecule has 0 aromatic heterocycles. The molecule has 112 valence electrons. The van der Waals surface area contributed by atoms with Gasteiger partial charge in [0, 0.05) is 5.37 Å². The van der Waals surface area contributed by atoms with Crippen LogP contribution in [0.3, 0.4) is 0 Å². The number of unbranched alkanes of at least 4 members (excludes halogenated alkanes) is 9. The van der Waals surface area contributed by atoms with Crippen LogP contribution in [0.25, 0.3) is 0 Å². The molecule has 0 heterocycles. The number of rotatable bonds is 12. The molecule has 0 aliphatic heterocycles. The maximum atomic E-state index is 5.06. The van der Waals surface area contributed by atoms with Crippen LogP contribution in [0.15, 0.2) is 24.3 Å². The number of thiocarbonyl (C=S) groups is 1. The van der Waals surface area contributed by atoms with Crippen LogP contribution in [-0.4, -0.2) is 5.37 Å². The van der Waals surface area contributed by atoms with Crippen LogP contribution in [0, 0.1) is 0 Å². The largest absolute Gasteiger partial charge is 0.0881 e. The second-order valence-electron chi connectivity index (χ2n) is 5.75. The van der Waals surface area contributed by atoms with Crippen molar-refractivity contribution in [3.63, 3.8) is 0 Å². The second-order valence-corrected chi connectivity index (χ2v) is 5.98. The van der Waals surface area contributed by atoms with Gasteiger partial charge in [0.15, 0.2) is 0 Å². The van der Waals surface area contributed by atoms with Gasteiger partial charge in [-0.2, -0.15) is 0 Å². The zero-order valence-corrected chi connectivity index (χ0v) is 13.9. The molecule has 1 aromatic rings. The highest BCUT2D eigenvalue weighted by atomic mass is 32.1. The first-order valence-electron chi connectivity index (χ1n) is 8.41. The molecule has 0 aliphatic carbocycles. The van der Waals surface area contributed by atoms with E-state index in [1.165, 1.54) is 81.8 Å². The molecule has 0 atom stereocenters. The topological polar surface area (TPSA) is 0 Å². The summed E-state index contributed by atoms with van der Waals surface area (Å²) in [6.45, 7) is 2.28. The zero-order valence-electron chi connectivity index (χ0n) is 13.1. The highest BCUT2D eigenvalue weighted by molar-refractivity contribution is 7.79. The Morgan fingerprint density at radius 1 is 0.800 bits per heavy atom. The van der Waals surface area contributed by atoms with Crippen molar-refractivity contribution < 1.29 is 0 Å². The third-order valence-electron chi connectivity index (χ3n) is 3.98. The van der Waals surface area contributed by atoms with Crippen LogP contribution in [0.2, 0.25) is 0 Å². The fourth-order valence-electron chi connectivity index (χ4n) is 2.68. The van der Waals surface area contributed by atoms with E-state index in [9.17, 15) is 0 Å². The minimum Gasteiger partial charge on any atom is -0.0881 e. The summed E-state index contributed by atoms with van der Waals surface area (Å²) in [4.78, 5) is 0. The SMILES string of the molecule is CCCCCCCCCCCCc1ccccc1C=S. The lowest BCUT2D eigenvalue weighted by atomic mass is 10.0. The first-order valence-corrected chi connectivity index (χ1v) is 8.88. The van der Waals surface area contributed by atoms with Crippen LogP contribution in [0.5, 0.6) is 0 Å². The molecule has 1 rings (SSSR count). The first-order chi connectivity index (χ1) is 9.88. The lowest BCUT2D eigenvalue weighted by Crippen LogP contribution is -1.92. The molecule has 0 bridgehead atoms. The Labute approximate surface area is 131 Å². The molecule has 1 aromatic carbocycles. The van der Waals surface area contributed by atoms with Crippen LogP contribution in [-0.2, 0) is 6.42 Å². The van der Waals surface area contributed by atoms with Crippen molar-refractivity contribution in [2.75, 3.05) is 0 Å². The molecule has 0 radical (unpaired) electrons. The minimum absolute atomic E-state index is 1.18. The monoisotopic (exact) mass is 290 g/mol. The van der Waals surface area contributed by atoms with E-state index in [4.69, 9.17) is 12.2 Å². The Balaban J connectivity index is 1.98. The van der Waals surface area contributed by atoms with E-state index in [1.54, 1.807) is 0 Å². The van der Waals surface area contributed by atoms with Crippen molar-refractivity contribution in [2.45, 2.75) is 77.6 Å². The van der Waals surface area contributed by atoms with E-state index >= 15 is 0 Å². The summed E-state index contributed by atoms with van der Waals surface area (Å²) in [7, 11) is 0. The molecule has 0 amide bonds. The molecule has 20 heavy (non-hydrogen) atoms. The quantitative estimate of drug-likeness (QED) is 0.313. The lowest BCUT2D eigenvalue weighted by Gasteiger charge is -2.05. The summed E-state index contributed by atoms with van der Waals surface area (Å²) < 4.78 is 0. The highest BCUT2D eigenvalue weighted by Gasteiger charge is 1.99. The van der Waals surface area contributed by atoms with Gasteiger partial charge in [0.05, 0.1) is 0 Å². The molecule has 0 nitrogen and oxygen atoms in total. The Bertz CT molecular complexity index is 357. The fraction of sp³-hybridized carbons (Fsp3) is 0.632. The van der Waals surface area contributed by atoms with E-state index in [0.29, 0.717) is 0 Å². The van der Waals surface area contributed by atoms with Gasteiger partial charge in [-0.15, -0.1) is 0 Å². The number of hydrogen-bond donors (Lipinski definition) is 0. The standard InChI is InChI=1S/C19H30S/c1-2-3-4-5-6-7-8-9-10-11-14-18-15-12-13-16-19(18)17-20/h12-13,15-17H,2-11,14H2,1H3. The van der Waals surface area contributed by atoms with Crippen LogP contribution in [0.4, 0.5) is 0 Å². The average Bonchev–Trinajstić information content (AvgIpc) is 2.49. The summed E-state index contributed by atoms with van der Waals surface area (Å²) in [6, 6.07) is 8.53. The predicted octanol–water partition coefficient (Wildman–Crippen LogP) is 6.50. The normalized spacial score (nSPS) is 10.7. The Kier molecular flexibility index (Phi) is 10.5. The Morgan fingerprint density at radius 3 is 1.95 bits per heavy atom. The van der Waals surface area contributed by atoms with E-state index in [-0.39, 0.29) is 0 Å². The van der Waals surface area contributed by atoms with E-state index in [0.717, 1.165) is 0 Å². The van der Waals surface area contributed by atoms with Gasteiger partial charge in [0.1, 0.15) is 0 Å². The van der Waals surface area contributed by atoms with E-state index < -0.39 is 0 Å². The van der Waals surface area contributed by atoms with Gasteiger partial charge in [0.2, 0.25) is 0 Å². The van der Waals surface area contributed by atoms with Gasteiger partial charge in [-0.25, -0.2) is 0 Å². The Hall–Kier alpha value is -0.690. The molecule has 0 N–H and O–H groups in total. The third-order valence-corrected chi connectivity index (χ3v) is 4.24. The maximum absolute atomic E-state index is 5.06. The van der Waals surface area contributed by atoms with Crippen molar-refractivity contribution in [3.8, 4) is 0 Å². The lowest BCUT2D eigenvalue weighted by molar-refractivity contribution is 0.556. The molecule has 0 aliphatic rings. The van der Waals surface area contributed by atoms with Crippen molar-refractivity contribution in [1.82, 2.24) is 0 Å². The number of aryl methyl sites for hydroxylation is 1. The molecule has 0 unspecified atom stereocenters. The van der Waals surface area contributed by atoms with Gasteiger partial charge in [-0.1, -0.05) is 101 Å². The summed E-state index contributed by atoms with van der Waals surface area (Å²) in [5.41, 5.74) is 2.65. The summed E-state index contributed by atoms with van der Waals surface area (Å²) in [6.07, 6.45) is 15.2. The smallest absolute Gasteiger partial charge is 0.00888 e. The fourth-order valence-corrected chi connectivity index (χ4v) is 2.91. The van der Waals surface area contributed by atoms with Crippen molar-refractivity contribution in [3.05, 3.63) is 35.4 Å². The average molecular weight is 291 g/mol. The molecule has 0 fully saturated rings. The molecule has 0 saturated heterocycles. The van der Waals surface area contributed by atoms with Crippen molar-refractivity contribution in [1.29, 1.82) is 0 Å². The molecule has 0 saturated carbocycles. The van der Waals surface area contributed by atoms with Gasteiger partial charge in [-0.3, -0.25) is 0 Å². The van der Waals surface area contributed by atoms with Crippen LogP contribution >= 0.6 is 12.2 Å². The third kappa shape index (κ3) is 7.79. The zero-order chi connectivity index (χ0) is 14.5. The van der Waals surface area contributed by atoms with E-state index in [2.05, 4.69) is 31.2 Å². The highest BCUT2D eigenvalue weighted by Crippen LogP contribution is 2.14. The molecule has 0 spiro atoms. The predicted molar refractivity (Wildman–Crippen MR) is 94.7 cm³/mol. The minimum atomic E-state index is 1.18. The number of hydrogen-bond acceptors (Lipinski definition) is 1. The number of benzene rings is 1. The maximum Gasteiger partial charge on any atom is 0.00888 e. The van der Waals surface area contributed by atoms with Crippen LogP contribution in [0.1, 0.15) is 82.3 Å². The van der Waals surface area contributed by atoms with Crippen molar-refractivity contribution in [2.24, 2.45) is 0 Å².